The van der Waals surface area contributed by atoms with Crippen molar-refractivity contribution in [2.75, 3.05) is 20.1 Å². The van der Waals surface area contributed by atoms with E-state index in [2.05, 4.69) is 5.28 Å². The van der Waals surface area contributed by atoms with Crippen LogP contribution in [-0.4, -0.2) is 35.3 Å². The van der Waals surface area contributed by atoms with Gasteiger partial charge in [0.25, 0.3) is 0 Å². The van der Waals surface area contributed by atoms with Gasteiger partial charge < -0.3 is 16.1 Å². The average Bonchev–Trinajstić information content (AvgIpc) is 1.98. The second-order valence-electron chi connectivity index (χ2n) is 1.87. The van der Waals surface area contributed by atoms with Crippen molar-refractivity contribution in [2.45, 2.75) is 6.42 Å². The molecule has 0 radical (unpaired) electrons. The Bertz CT molecular complexity index is 116. The lowest BCUT2D eigenvalue weighted by atomic mass is 10.4. The molecule has 0 fully saturated rings. The average molecular weight is 148 g/mol. The van der Waals surface area contributed by atoms with E-state index in [9.17, 15) is 5.21 Å². The van der Waals surface area contributed by atoms with Gasteiger partial charge in [0.15, 0.2) is 0 Å². The van der Waals surface area contributed by atoms with Crippen LogP contribution in [0.1, 0.15) is 6.42 Å². The first-order valence-electron chi connectivity index (χ1n) is 2.95. The van der Waals surface area contributed by atoms with E-state index in [-0.39, 0.29) is 4.97 Å². The van der Waals surface area contributed by atoms with Crippen molar-refractivity contribution in [2.24, 2.45) is 11.0 Å². The van der Waals surface area contributed by atoms with Gasteiger partial charge in [0.1, 0.15) is 0 Å². The highest BCUT2D eigenvalue weighted by molar-refractivity contribution is 4.38. The first kappa shape index (κ1) is 8.96. The van der Waals surface area contributed by atoms with Crippen molar-refractivity contribution < 1.29 is 10.2 Å². The summed E-state index contributed by atoms with van der Waals surface area (Å²) in [5, 5.41) is 22.0. The second kappa shape index (κ2) is 4.80. The summed E-state index contributed by atoms with van der Waals surface area (Å²) in [5.41, 5.74) is 5.18. The zero-order chi connectivity index (χ0) is 7.98. The minimum atomic E-state index is 0.107. The lowest BCUT2D eigenvalue weighted by molar-refractivity contribution is -0.704. The van der Waals surface area contributed by atoms with Crippen LogP contribution in [0.15, 0.2) is 5.28 Å². The molecule has 0 aromatic rings. The predicted octanol–water partition coefficient (Wildman–Crippen LogP) is -0.466. The fourth-order valence-electron chi connectivity index (χ4n) is 0.474. The third-order valence-corrected chi connectivity index (χ3v) is 1.05. The largest absolute Gasteiger partial charge is 0.569 e. The molecule has 0 aromatic carbocycles. The molecule has 0 saturated carbocycles. The molecule has 6 heteroatoms. The molecule has 0 aliphatic rings. The molecule has 0 aromatic heterocycles. The van der Waals surface area contributed by atoms with Crippen LogP contribution in [0.5, 0.6) is 0 Å². The number of nitrogens with two attached hydrogens (primary N) is 1. The van der Waals surface area contributed by atoms with E-state index in [0.29, 0.717) is 19.5 Å². The molecule has 0 unspecified atom stereocenters. The zero-order valence-electron chi connectivity index (χ0n) is 5.90. The van der Waals surface area contributed by atoms with E-state index in [1.165, 1.54) is 12.1 Å². The third-order valence-electron chi connectivity index (χ3n) is 1.05. The monoisotopic (exact) mass is 148 g/mol. The van der Waals surface area contributed by atoms with Crippen molar-refractivity contribution in [1.82, 2.24) is 5.01 Å². The van der Waals surface area contributed by atoms with Crippen LogP contribution >= 0.6 is 0 Å². The van der Waals surface area contributed by atoms with Gasteiger partial charge in [-0.15, -0.1) is 5.01 Å². The SMILES string of the molecule is CN(CCCN)/[N+]([O-])=N/O. The highest BCUT2D eigenvalue weighted by atomic mass is 16.6. The summed E-state index contributed by atoms with van der Waals surface area (Å²) < 4.78 is 0. The first-order chi connectivity index (χ1) is 4.72. The highest BCUT2D eigenvalue weighted by Gasteiger charge is 2.02. The normalized spacial score (nSPS) is 11.6. The Kier molecular flexibility index (Phi) is 4.30. The molecular weight excluding hydrogens is 136 g/mol. The molecule has 0 spiro atoms. The van der Waals surface area contributed by atoms with Crippen molar-refractivity contribution in [3.05, 3.63) is 5.21 Å². The molecule has 3 N–H and O–H groups in total. The van der Waals surface area contributed by atoms with E-state index in [1.807, 2.05) is 0 Å². The Morgan fingerprint density at radius 2 is 2.40 bits per heavy atom. The van der Waals surface area contributed by atoms with Gasteiger partial charge in [-0.1, -0.05) is 0 Å². The Morgan fingerprint density at radius 3 is 2.80 bits per heavy atom. The molecule has 0 bridgehead atoms. The van der Waals surface area contributed by atoms with E-state index >= 15 is 0 Å². The second-order valence-corrected chi connectivity index (χ2v) is 1.87. The third kappa shape index (κ3) is 3.08. The molecule has 0 saturated heterocycles. The van der Waals surface area contributed by atoms with Crippen molar-refractivity contribution in [3.63, 3.8) is 0 Å². The van der Waals surface area contributed by atoms with E-state index in [4.69, 9.17) is 10.9 Å². The van der Waals surface area contributed by atoms with Crippen LogP contribution in [0, 0.1) is 5.21 Å². The molecule has 60 valence electrons. The van der Waals surface area contributed by atoms with Crippen molar-refractivity contribution >= 4 is 0 Å². The summed E-state index contributed by atoms with van der Waals surface area (Å²) in [5.74, 6) is 0. The first-order valence-corrected chi connectivity index (χ1v) is 2.95. The Hall–Kier alpha value is -1.04. The molecular formula is C4H12N4O2. The summed E-state index contributed by atoms with van der Waals surface area (Å²) in [6.45, 7) is 1.01. The maximum Gasteiger partial charge on any atom is 0.230 e. The van der Waals surface area contributed by atoms with E-state index in [1.54, 1.807) is 0 Å². The summed E-state index contributed by atoms with van der Waals surface area (Å²) in [7, 11) is 1.52. The number of hydrazine groups is 1. The molecule has 0 aliphatic carbocycles. The molecule has 0 rings (SSSR count). The fourth-order valence-corrected chi connectivity index (χ4v) is 0.474. The van der Waals surface area contributed by atoms with Crippen molar-refractivity contribution in [3.8, 4) is 0 Å². The van der Waals surface area contributed by atoms with Crippen LogP contribution in [0.3, 0.4) is 0 Å². The highest BCUT2D eigenvalue weighted by Crippen LogP contribution is 1.85. The van der Waals surface area contributed by atoms with Gasteiger partial charge in [-0.25, -0.2) is 0 Å². The van der Waals surface area contributed by atoms with Gasteiger partial charge in [-0.2, -0.15) is 0 Å². The van der Waals surface area contributed by atoms with E-state index < -0.39 is 0 Å². The number of hydrogen-bond donors (Lipinski definition) is 2. The Morgan fingerprint density at radius 1 is 1.80 bits per heavy atom. The number of rotatable bonds is 4. The number of hydrogen-bond acceptors (Lipinski definition) is 3. The van der Waals surface area contributed by atoms with E-state index in [0.717, 1.165) is 0 Å². The van der Waals surface area contributed by atoms with Crippen molar-refractivity contribution in [1.29, 1.82) is 0 Å². The molecule has 10 heavy (non-hydrogen) atoms. The van der Waals surface area contributed by atoms with Gasteiger partial charge in [0.05, 0.1) is 18.6 Å². The van der Waals surface area contributed by atoms with Crippen LogP contribution < -0.4 is 5.73 Å². The fraction of sp³-hybridized carbons (Fsp3) is 1.00. The summed E-state index contributed by atoms with van der Waals surface area (Å²) >= 11 is 0. The van der Waals surface area contributed by atoms with Crippen LogP contribution in [0.25, 0.3) is 0 Å². The van der Waals surface area contributed by atoms with Gasteiger partial charge in [0, 0.05) is 0 Å². The molecule has 0 atom stereocenters. The van der Waals surface area contributed by atoms with Gasteiger partial charge >= 0.3 is 0 Å². The van der Waals surface area contributed by atoms with Gasteiger partial charge in [-0.05, 0) is 13.0 Å². The lowest BCUT2D eigenvalue weighted by Gasteiger charge is -2.10. The molecule has 0 heterocycles. The van der Waals surface area contributed by atoms with Crippen LogP contribution in [0.4, 0.5) is 0 Å². The Labute approximate surface area is 59.1 Å². The van der Waals surface area contributed by atoms with Crippen LogP contribution in [0.2, 0.25) is 0 Å². The predicted molar refractivity (Wildman–Crippen MR) is 34.1 cm³/mol. The summed E-state index contributed by atoms with van der Waals surface area (Å²) in [4.78, 5) is 0.107. The minimum absolute atomic E-state index is 0.107. The smallest absolute Gasteiger partial charge is 0.230 e. The van der Waals surface area contributed by atoms with Gasteiger partial charge in [-0.3, -0.25) is 0 Å². The maximum absolute atomic E-state index is 10.4. The summed E-state index contributed by atoms with van der Waals surface area (Å²) in [6.07, 6.45) is 0.699. The lowest BCUT2D eigenvalue weighted by Crippen LogP contribution is -2.28. The summed E-state index contributed by atoms with van der Waals surface area (Å²) in [6, 6.07) is 0. The zero-order valence-corrected chi connectivity index (χ0v) is 5.90. The molecule has 6 nitrogen and oxygen atoms in total. The minimum Gasteiger partial charge on any atom is -0.569 e. The quantitative estimate of drug-likeness (QED) is 0.320. The Balaban J connectivity index is 3.51. The molecule has 0 aliphatic heterocycles. The molecule has 0 amide bonds. The maximum atomic E-state index is 10.4. The van der Waals surface area contributed by atoms with Gasteiger partial charge in [0.2, 0.25) is 5.28 Å². The topological polar surface area (TPSA) is 87.9 Å². The standard InChI is InChI=1S/C4H12N4O2/c1-7(4-2-3-5)8(10)6-9/h9H,2-5H2,1H3/b8-6-. The van der Waals surface area contributed by atoms with Crippen LogP contribution in [-0.2, 0) is 0 Å². The number of nitrogens with zero attached hydrogens (tertiary/aromatic N) is 3.